The van der Waals surface area contributed by atoms with E-state index >= 15 is 0 Å². The summed E-state index contributed by atoms with van der Waals surface area (Å²) in [7, 11) is 1.44. The number of benzene rings is 3. The number of fused-ring (bicyclic) bond motifs is 1. The van der Waals surface area contributed by atoms with E-state index in [1.165, 1.54) is 36.6 Å². The molecule has 1 aliphatic heterocycles. The molecule has 7 nitrogen and oxygen atoms in total. The largest absolute Gasteiger partial charge is 0.497 e. The first-order chi connectivity index (χ1) is 14.5. The standard InChI is InChI=1S/C23H21N3O4/c1-30-19-10-11-22(26(28)29)20(14-19)23(27)24-18-8-6-16(7-9-18)15-25-13-12-17-4-2-3-5-21(17)25/h2-11,14H,12-13,15H2,1H3,(H,24,27). The zero-order valence-electron chi connectivity index (χ0n) is 16.5. The van der Waals surface area contributed by atoms with Crippen molar-refractivity contribution in [2.45, 2.75) is 13.0 Å². The fourth-order valence-electron chi connectivity index (χ4n) is 3.67. The number of nitrogens with one attached hydrogen (secondary N) is 1. The molecule has 1 aliphatic rings. The Labute approximate surface area is 174 Å². The Bertz CT molecular complexity index is 1100. The second kappa shape index (κ2) is 8.24. The molecule has 0 fully saturated rings. The molecule has 30 heavy (non-hydrogen) atoms. The molecule has 0 aliphatic carbocycles. The van der Waals surface area contributed by atoms with Gasteiger partial charge < -0.3 is 15.0 Å². The molecule has 152 valence electrons. The summed E-state index contributed by atoms with van der Waals surface area (Å²) in [6.45, 7) is 1.77. The lowest BCUT2D eigenvalue weighted by molar-refractivity contribution is -0.385. The predicted octanol–water partition coefficient (Wildman–Crippen LogP) is 4.42. The molecule has 3 aromatic rings. The number of methoxy groups -OCH3 is 1. The first-order valence-electron chi connectivity index (χ1n) is 9.61. The first-order valence-corrected chi connectivity index (χ1v) is 9.61. The van der Waals surface area contributed by atoms with Crippen molar-refractivity contribution < 1.29 is 14.5 Å². The predicted molar refractivity (Wildman–Crippen MR) is 115 cm³/mol. The highest BCUT2D eigenvalue weighted by molar-refractivity contribution is 6.07. The van der Waals surface area contributed by atoms with Crippen molar-refractivity contribution in [1.29, 1.82) is 0 Å². The van der Waals surface area contributed by atoms with E-state index in [-0.39, 0.29) is 11.3 Å². The summed E-state index contributed by atoms with van der Waals surface area (Å²) in [5.41, 5.74) is 4.01. The van der Waals surface area contributed by atoms with Gasteiger partial charge in [-0.1, -0.05) is 30.3 Å². The molecule has 0 unspecified atom stereocenters. The number of nitro benzene ring substituents is 1. The van der Waals surface area contributed by atoms with Crippen molar-refractivity contribution in [2.75, 3.05) is 23.9 Å². The Balaban J connectivity index is 1.47. The number of amides is 1. The van der Waals surface area contributed by atoms with Gasteiger partial charge in [-0.15, -0.1) is 0 Å². The average Bonchev–Trinajstić information content (AvgIpc) is 3.17. The molecule has 0 atom stereocenters. The van der Waals surface area contributed by atoms with Crippen molar-refractivity contribution in [3.05, 3.63) is 93.5 Å². The van der Waals surface area contributed by atoms with Crippen molar-refractivity contribution in [3.63, 3.8) is 0 Å². The second-order valence-corrected chi connectivity index (χ2v) is 7.09. The summed E-state index contributed by atoms with van der Waals surface area (Å²) in [4.78, 5) is 25.6. The first kappa shape index (κ1) is 19.4. The van der Waals surface area contributed by atoms with Crippen LogP contribution >= 0.6 is 0 Å². The summed E-state index contributed by atoms with van der Waals surface area (Å²) in [6, 6.07) is 20.0. The Morgan fingerprint density at radius 3 is 2.63 bits per heavy atom. The van der Waals surface area contributed by atoms with E-state index in [0.29, 0.717) is 11.4 Å². The maximum Gasteiger partial charge on any atom is 0.282 e. The van der Waals surface area contributed by atoms with E-state index in [1.807, 2.05) is 18.2 Å². The van der Waals surface area contributed by atoms with Crippen LogP contribution in [0.15, 0.2) is 66.7 Å². The highest BCUT2D eigenvalue weighted by Gasteiger charge is 2.21. The lowest BCUT2D eigenvalue weighted by atomic mass is 10.1. The minimum atomic E-state index is -0.578. The number of para-hydroxylation sites is 1. The van der Waals surface area contributed by atoms with Crippen molar-refractivity contribution in [3.8, 4) is 5.75 Å². The van der Waals surface area contributed by atoms with Gasteiger partial charge in [0.1, 0.15) is 11.3 Å². The number of nitro groups is 1. The smallest absolute Gasteiger partial charge is 0.282 e. The number of rotatable bonds is 6. The molecule has 0 bridgehead atoms. The van der Waals surface area contributed by atoms with Crippen molar-refractivity contribution in [1.82, 2.24) is 0 Å². The molecular weight excluding hydrogens is 382 g/mol. The van der Waals surface area contributed by atoms with Gasteiger partial charge in [0.2, 0.25) is 0 Å². The van der Waals surface area contributed by atoms with Gasteiger partial charge in [-0.05, 0) is 47.9 Å². The van der Waals surface area contributed by atoms with Crippen LogP contribution in [0.4, 0.5) is 17.1 Å². The number of nitrogens with zero attached hydrogens (tertiary/aromatic N) is 2. The molecule has 0 radical (unpaired) electrons. The lowest BCUT2D eigenvalue weighted by Crippen LogP contribution is -2.19. The molecule has 0 aromatic heterocycles. The van der Waals surface area contributed by atoms with E-state index in [0.717, 1.165) is 25.1 Å². The third kappa shape index (κ3) is 3.96. The van der Waals surface area contributed by atoms with Gasteiger partial charge in [0, 0.05) is 30.5 Å². The van der Waals surface area contributed by atoms with E-state index in [9.17, 15) is 14.9 Å². The molecule has 0 spiro atoms. The van der Waals surface area contributed by atoms with E-state index in [4.69, 9.17) is 4.74 Å². The van der Waals surface area contributed by atoms with Crippen LogP contribution in [0, 0.1) is 10.1 Å². The van der Waals surface area contributed by atoms with Gasteiger partial charge >= 0.3 is 0 Å². The number of carbonyl (C=O) groups is 1. The third-order valence-corrected chi connectivity index (χ3v) is 5.21. The summed E-state index contributed by atoms with van der Waals surface area (Å²) in [5.74, 6) is -0.172. The zero-order valence-corrected chi connectivity index (χ0v) is 16.5. The van der Waals surface area contributed by atoms with Crippen LogP contribution in [-0.2, 0) is 13.0 Å². The molecular formula is C23H21N3O4. The Morgan fingerprint density at radius 1 is 1.13 bits per heavy atom. The van der Waals surface area contributed by atoms with E-state index < -0.39 is 10.8 Å². The van der Waals surface area contributed by atoms with E-state index in [1.54, 1.807) is 12.1 Å². The minimum absolute atomic E-state index is 0.0444. The van der Waals surface area contributed by atoms with Crippen LogP contribution in [0.3, 0.4) is 0 Å². The monoisotopic (exact) mass is 403 g/mol. The molecule has 0 saturated carbocycles. The summed E-state index contributed by atoms with van der Waals surface area (Å²) in [5, 5.41) is 14.0. The van der Waals surface area contributed by atoms with E-state index in [2.05, 4.69) is 28.4 Å². The Kier molecular flexibility index (Phi) is 5.34. The SMILES string of the molecule is COc1ccc([N+](=O)[O-])c(C(=O)Nc2ccc(CN3CCc4ccccc43)cc2)c1. The Hall–Kier alpha value is -3.87. The maximum absolute atomic E-state index is 12.6. The van der Waals surface area contributed by atoms with Crippen LogP contribution in [0.2, 0.25) is 0 Å². The molecule has 1 heterocycles. The minimum Gasteiger partial charge on any atom is -0.497 e. The summed E-state index contributed by atoms with van der Waals surface area (Å²) in [6.07, 6.45) is 1.05. The van der Waals surface area contributed by atoms with Crippen LogP contribution in [0.5, 0.6) is 5.75 Å². The maximum atomic E-state index is 12.6. The molecule has 7 heteroatoms. The summed E-state index contributed by atoms with van der Waals surface area (Å²) >= 11 is 0. The normalized spacial score (nSPS) is 12.4. The fourth-order valence-corrected chi connectivity index (χ4v) is 3.67. The van der Waals surface area contributed by atoms with Crippen LogP contribution in [0.1, 0.15) is 21.5 Å². The second-order valence-electron chi connectivity index (χ2n) is 7.09. The van der Waals surface area contributed by atoms with Crippen LogP contribution < -0.4 is 15.0 Å². The molecule has 3 aromatic carbocycles. The van der Waals surface area contributed by atoms with Gasteiger partial charge in [0.25, 0.3) is 11.6 Å². The Morgan fingerprint density at radius 2 is 1.90 bits per heavy atom. The summed E-state index contributed by atoms with van der Waals surface area (Å²) < 4.78 is 5.09. The number of ether oxygens (including phenoxy) is 1. The molecule has 1 amide bonds. The van der Waals surface area contributed by atoms with Gasteiger partial charge in [-0.2, -0.15) is 0 Å². The number of hydrogen-bond donors (Lipinski definition) is 1. The topological polar surface area (TPSA) is 84.7 Å². The number of anilines is 2. The number of hydrogen-bond acceptors (Lipinski definition) is 5. The molecule has 1 N–H and O–H groups in total. The average molecular weight is 403 g/mol. The van der Waals surface area contributed by atoms with Crippen molar-refractivity contribution >= 4 is 23.0 Å². The lowest BCUT2D eigenvalue weighted by Gasteiger charge is -2.19. The van der Waals surface area contributed by atoms with Gasteiger partial charge in [0.05, 0.1) is 12.0 Å². The third-order valence-electron chi connectivity index (χ3n) is 5.21. The highest BCUT2D eigenvalue weighted by atomic mass is 16.6. The van der Waals surface area contributed by atoms with Crippen LogP contribution in [-0.4, -0.2) is 24.5 Å². The zero-order chi connectivity index (χ0) is 21.1. The van der Waals surface area contributed by atoms with Crippen molar-refractivity contribution in [2.24, 2.45) is 0 Å². The van der Waals surface area contributed by atoms with Gasteiger partial charge in [-0.25, -0.2) is 0 Å². The van der Waals surface area contributed by atoms with Gasteiger partial charge in [-0.3, -0.25) is 14.9 Å². The number of carbonyl (C=O) groups excluding carboxylic acids is 1. The van der Waals surface area contributed by atoms with Crippen LogP contribution in [0.25, 0.3) is 0 Å². The molecule has 4 rings (SSSR count). The molecule has 0 saturated heterocycles. The van der Waals surface area contributed by atoms with Gasteiger partial charge in [0.15, 0.2) is 0 Å². The highest BCUT2D eigenvalue weighted by Crippen LogP contribution is 2.29. The quantitative estimate of drug-likeness (QED) is 0.487. The fraction of sp³-hybridized carbons (Fsp3) is 0.174.